The molecule has 2 aromatic rings. The van der Waals surface area contributed by atoms with Crippen molar-refractivity contribution in [2.24, 2.45) is 4.99 Å². The molecule has 2 aromatic heterocycles. The summed E-state index contributed by atoms with van der Waals surface area (Å²) >= 11 is 0. The molecule has 0 aliphatic carbocycles. The van der Waals surface area contributed by atoms with Crippen LogP contribution in [0.2, 0.25) is 0 Å². The van der Waals surface area contributed by atoms with E-state index >= 15 is 0 Å². The second-order valence-electron chi connectivity index (χ2n) is 5.04. The third-order valence-electron chi connectivity index (χ3n) is 3.04. The van der Waals surface area contributed by atoms with Gasteiger partial charge in [0.1, 0.15) is 11.6 Å². The molecule has 0 spiro atoms. The van der Waals surface area contributed by atoms with Gasteiger partial charge in [0, 0.05) is 26.8 Å². The van der Waals surface area contributed by atoms with E-state index in [2.05, 4.69) is 20.6 Å². The molecule has 6 heteroatoms. The molecule has 22 heavy (non-hydrogen) atoms. The van der Waals surface area contributed by atoms with Crippen LogP contribution in [0.4, 0.5) is 5.82 Å². The Morgan fingerprint density at radius 1 is 1.32 bits per heavy atom. The zero-order valence-corrected chi connectivity index (χ0v) is 13.3. The minimum atomic E-state index is 0.594. The van der Waals surface area contributed by atoms with Gasteiger partial charge in [-0.3, -0.25) is 0 Å². The van der Waals surface area contributed by atoms with Gasteiger partial charge >= 0.3 is 0 Å². The highest BCUT2D eigenvalue weighted by Gasteiger charge is 2.02. The summed E-state index contributed by atoms with van der Waals surface area (Å²) in [5.74, 6) is 2.58. The minimum absolute atomic E-state index is 0.594. The zero-order valence-electron chi connectivity index (χ0n) is 13.3. The largest absolute Gasteiger partial charge is 0.467 e. The van der Waals surface area contributed by atoms with Gasteiger partial charge in [0.05, 0.1) is 19.4 Å². The summed E-state index contributed by atoms with van der Waals surface area (Å²) in [7, 11) is 3.95. The number of hydrogen-bond acceptors (Lipinski definition) is 4. The van der Waals surface area contributed by atoms with E-state index in [0.717, 1.165) is 29.6 Å². The van der Waals surface area contributed by atoms with Crippen molar-refractivity contribution in [3.8, 4) is 0 Å². The van der Waals surface area contributed by atoms with Gasteiger partial charge in [0.2, 0.25) is 0 Å². The lowest BCUT2D eigenvalue weighted by atomic mass is 10.2. The first-order chi connectivity index (χ1) is 10.7. The summed E-state index contributed by atoms with van der Waals surface area (Å²) in [4.78, 5) is 10.9. The lowest BCUT2D eigenvalue weighted by Crippen LogP contribution is -2.36. The first-order valence-electron chi connectivity index (χ1n) is 7.36. The number of nitrogens with one attached hydrogen (secondary N) is 2. The molecule has 118 valence electrons. The number of aromatic nitrogens is 1. The molecule has 2 heterocycles. The summed E-state index contributed by atoms with van der Waals surface area (Å²) in [6, 6.07) is 7.83. The fraction of sp³-hybridized carbons (Fsp3) is 0.375. The Bertz CT molecular complexity index is 592. The maximum Gasteiger partial charge on any atom is 0.191 e. The molecule has 0 unspecified atom stereocenters. The van der Waals surface area contributed by atoms with Crippen LogP contribution in [0, 0.1) is 0 Å². The Labute approximate surface area is 131 Å². The SMILES string of the molecule is CCNC(=NCc1ccnc(N(C)C)c1)NCc1ccco1. The molecule has 0 saturated carbocycles. The van der Waals surface area contributed by atoms with E-state index in [4.69, 9.17) is 4.42 Å². The molecule has 0 fully saturated rings. The van der Waals surface area contributed by atoms with Crippen LogP contribution in [-0.2, 0) is 13.1 Å². The van der Waals surface area contributed by atoms with E-state index in [1.165, 1.54) is 0 Å². The summed E-state index contributed by atoms with van der Waals surface area (Å²) < 4.78 is 5.31. The van der Waals surface area contributed by atoms with Crippen molar-refractivity contribution in [2.45, 2.75) is 20.0 Å². The van der Waals surface area contributed by atoms with E-state index in [9.17, 15) is 0 Å². The minimum Gasteiger partial charge on any atom is -0.467 e. The fourth-order valence-electron chi connectivity index (χ4n) is 1.90. The molecule has 0 aliphatic heterocycles. The number of furan rings is 1. The molecule has 6 nitrogen and oxygen atoms in total. The van der Waals surface area contributed by atoms with Gasteiger partial charge in [-0.15, -0.1) is 0 Å². The number of guanidine groups is 1. The van der Waals surface area contributed by atoms with Crippen LogP contribution in [0.15, 0.2) is 46.1 Å². The van der Waals surface area contributed by atoms with Crippen molar-refractivity contribution in [2.75, 3.05) is 25.5 Å². The molecule has 0 aromatic carbocycles. The highest BCUT2D eigenvalue weighted by atomic mass is 16.3. The number of hydrogen-bond donors (Lipinski definition) is 2. The maximum atomic E-state index is 5.31. The predicted octanol–water partition coefficient (Wildman–Crippen LogP) is 2.00. The maximum absolute atomic E-state index is 5.31. The number of rotatable bonds is 6. The molecule has 0 saturated heterocycles. The number of pyridine rings is 1. The van der Waals surface area contributed by atoms with Gasteiger partial charge in [-0.2, -0.15) is 0 Å². The summed E-state index contributed by atoms with van der Waals surface area (Å²) in [6.07, 6.45) is 3.48. The Balaban J connectivity index is 1.98. The van der Waals surface area contributed by atoms with Crippen molar-refractivity contribution in [3.63, 3.8) is 0 Å². The highest BCUT2D eigenvalue weighted by molar-refractivity contribution is 5.79. The third-order valence-corrected chi connectivity index (χ3v) is 3.04. The van der Waals surface area contributed by atoms with E-state index in [1.54, 1.807) is 6.26 Å². The van der Waals surface area contributed by atoms with E-state index in [0.29, 0.717) is 13.1 Å². The van der Waals surface area contributed by atoms with Crippen molar-refractivity contribution < 1.29 is 4.42 Å². The van der Waals surface area contributed by atoms with Gasteiger partial charge in [0.15, 0.2) is 5.96 Å². The van der Waals surface area contributed by atoms with Gasteiger partial charge in [0.25, 0.3) is 0 Å². The molecule has 0 bridgehead atoms. The first-order valence-corrected chi connectivity index (χ1v) is 7.36. The lowest BCUT2D eigenvalue weighted by molar-refractivity contribution is 0.501. The summed E-state index contributed by atoms with van der Waals surface area (Å²) in [5, 5.41) is 6.47. The van der Waals surface area contributed by atoms with Crippen LogP contribution in [0.3, 0.4) is 0 Å². The number of anilines is 1. The average molecular weight is 301 g/mol. The third kappa shape index (κ3) is 4.80. The molecule has 0 amide bonds. The number of aliphatic imine (C=N–C) groups is 1. The Kier molecular flexibility index (Phi) is 5.82. The fourth-order valence-corrected chi connectivity index (χ4v) is 1.90. The van der Waals surface area contributed by atoms with Crippen LogP contribution in [0.1, 0.15) is 18.2 Å². The average Bonchev–Trinajstić information content (AvgIpc) is 3.03. The monoisotopic (exact) mass is 301 g/mol. The van der Waals surface area contributed by atoms with E-state index < -0.39 is 0 Å². The Morgan fingerprint density at radius 3 is 2.86 bits per heavy atom. The molecule has 0 aliphatic rings. The van der Waals surface area contributed by atoms with Crippen molar-refractivity contribution >= 4 is 11.8 Å². The van der Waals surface area contributed by atoms with Crippen molar-refractivity contribution in [1.29, 1.82) is 0 Å². The Hall–Kier alpha value is -2.50. The lowest BCUT2D eigenvalue weighted by Gasteiger charge is -2.12. The summed E-state index contributed by atoms with van der Waals surface area (Å²) in [5.41, 5.74) is 1.12. The van der Waals surface area contributed by atoms with Gasteiger partial charge in [-0.25, -0.2) is 9.98 Å². The predicted molar refractivity (Wildman–Crippen MR) is 88.9 cm³/mol. The van der Waals surface area contributed by atoms with Gasteiger partial charge in [-0.05, 0) is 36.8 Å². The van der Waals surface area contributed by atoms with Crippen LogP contribution >= 0.6 is 0 Å². The standard InChI is InChI=1S/C16H23N5O/c1-4-17-16(20-12-14-6-5-9-22-14)19-11-13-7-8-18-15(10-13)21(2)3/h5-10H,4,11-12H2,1-3H3,(H2,17,19,20). The molecular formula is C16H23N5O. The van der Waals surface area contributed by atoms with Crippen molar-refractivity contribution in [1.82, 2.24) is 15.6 Å². The van der Waals surface area contributed by atoms with Crippen LogP contribution < -0.4 is 15.5 Å². The topological polar surface area (TPSA) is 65.7 Å². The van der Waals surface area contributed by atoms with Crippen molar-refractivity contribution in [3.05, 3.63) is 48.0 Å². The normalized spacial score (nSPS) is 11.3. The molecular weight excluding hydrogens is 278 g/mol. The van der Waals surface area contributed by atoms with Crippen LogP contribution in [0.25, 0.3) is 0 Å². The second kappa shape index (κ2) is 8.07. The molecule has 0 atom stereocenters. The first kappa shape index (κ1) is 15.9. The quantitative estimate of drug-likeness (QED) is 0.631. The summed E-state index contributed by atoms with van der Waals surface area (Å²) in [6.45, 7) is 4.05. The van der Waals surface area contributed by atoms with Gasteiger partial charge < -0.3 is 20.0 Å². The zero-order chi connectivity index (χ0) is 15.8. The molecule has 2 N–H and O–H groups in total. The second-order valence-corrected chi connectivity index (χ2v) is 5.04. The van der Waals surface area contributed by atoms with Crippen LogP contribution in [-0.4, -0.2) is 31.6 Å². The molecule has 2 rings (SSSR count). The molecule has 0 radical (unpaired) electrons. The van der Waals surface area contributed by atoms with Crippen LogP contribution in [0.5, 0.6) is 0 Å². The number of nitrogens with zero attached hydrogens (tertiary/aromatic N) is 3. The smallest absolute Gasteiger partial charge is 0.191 e. The highest BCUT2D eigenvalue weighted by Crippen LogP contribution is 2.10. The Morgan fingerprint density at radius 2 is 2.18 bits per heavy atom. The van der Waals surface area contributed by atoms with Gasteiger partial charge in [-0.1, -0.05) is 0 Å². The van der Waals surface area contributed by atoms with E-state index in [-0.39, 0.29) is 0 Å². The van der Waals surface area contributed by atoms with E-state index in [1.807, 2.05) is 56.4 Å².